The van der Waals surface area contributed by atoms with Gasteiger partial charge >= 0.3 is 0 Å². The van der Waals surface area contributed by atoms with E-state index in [-0.39, 0.29) is 11.5 Å². The third-order valence-electron chi connectivity index (χ3n) is 4.78. The first-order valence-corrected chi connectivity index (χ1v) is 9.04. The smallest absolute Gasteiger partial charge is 0.294 e. The number of aromatic nitrogens is 3. The minimum absolute atomic E-state index is 0.0937. The van der Waals surface area contributed by atoms with Crippen molar-refractivity contribution < 1.29 is 4.79 Å². The quantitative estimate of drug-likeness (QED) is 0.676. The Morgan fingerprint density at radius 1 is 1.07 bits per heavy atom. The average molecular weight is 384 g/mol. The number of carbonyl (C=O) groups excluding carboxylic acids is 1. The van der Waals surface area contributed by atoms with Crippen molar-refractivity contribution in [1.29, 1.82) is 0 Å². The second-order valence-corrected chi connectivity index (χ2v) is 6.81. The number of pyridine rings is 1. The van der Waals surface area contributed by atoms with Crippen molar-refractivity contribution in [3.05, 3.63) is 63.5 Å². The monoisotopic (exact) mass is 383 g/mol. The van der Waals surface area contributed by atoms with E-state index < -0.39 is 0 Å². The van der Waals surface area contributed by atoms with E-state index in [0.717, 1.165) is 0 Å². The number of rotatable bonds is 2. The summed E-state index contributed by atoms with van der Waals surface area (Å²) in [5.74, 6) is 0.298. The molecule has 3 heterocycles. The lowest BCUT2D eigenvalue weighted by atomic mass is 10.2. The van der Waals surface area contributed by atoms with Gasteiger partial charge in [0.05, 0.1) is 10.6 Å². The fourth-order valence-corrected chi connectivity index (χ4v) is 3.49. The summed E-state index contributed by atoms with van der Waals surface area (Å²) in [7, 11) is 1.69. The first kappa shape index (κ1) is 17.5. The summed E-state index contributed by atoms with van der Waals surface area (Å²) in [5.41, 5.74) is 1.54. The first-order valence-electron chi connectivity index (χ1n) is 8.67. The largest absolute Gasteiger partial charge is 0.348 e. The highest BCUT2D eigenvalue weighted by Gasteiger charge is 2.26. The number of aryl methyl sites for hydroxylation is 1. The number of hydrogen-bond acceptors (Lipinski definition) is 5. The van der Waals surface area contributed by atoms with Crippen LogP contribution in [0.1, 0.15) is 10.4 Å². The van der Waals surface area contributed by atoms with Crippen LogP contribution in [0.3, 0.4) is 0 Å². The average Bonchev–Trinajstić information content (AvgIpc) is 2.71. The van der Waals surface area contributed by atoms with Crippen LogP contribution in [0, 0.1) is 0 Å². The molecule has 1 aromatic carbocycles. The maximum atomic E-state index is 12.7. The van der Waals surface area contributed by atoms with Crippen molar-refractivity contribution in [3.8, 4) is 0 Å². The van der Waals surface area contributed by atoms with Gasteiger partial charge in [-0.2, -0.15) is 0 Å². The Hall–Kier alpha value is -2.93. The summed E-state index contributed by atoms with van der Waals surface area (Å²) in [5, 5.41) is 0.447. The summed E-state index contributed by atoms with van der Waals surface area (Å²) in [4.78, 5) is 37.8. The van der Waals surface area contributed by atoms with Gasteiger partial charge in [-0.1, -0.05) is 23.7 Å². The van der Waals surface area contributed by atoms with Gasteiger partial charge in [0.2, 0.25) is 0 Å². The molecule has 138 valence electrons. The molecule has 4 rings (SSSR count). The van der Waals surface area contributed by atoms with Gasteiger partial charge in [0, 0.05) is 39.4 Å². The Labute approximate surface area is 160 Å². The van der Waals surface area contributed by atoms with Crippen LogP contribution in [0.25, 0.3) is 11.2 Å². The van der Waals surface area contributed by atoms with Gasteiger partial charge in [-0.05, 0) is 24.3 Å². The zero-order valence-electron chi connectivity index (χ0n) is 14.8. The molecule has 0 spiro atoms. The van der Waals surface area contributed by atoms with E-state index in [1.54, 1.807) is 48.5 Å². The molecule has 8 heteroatoms. The van der Waals surface area contributed by atoms with Gasteiger partial charge in [0.1, 0.15) is 5.52 Å². The third kappa shape index (κ3) is 3.14. The van der Waals surface area contributed by atoms with E-state index in [2.05, 4.69) is 9.97 Å². The van der Waals surface area contributed by atoms with Gasteiger partial charge in [0.25, 0.3) is 11.5 Å². The summed E-state index contributed by atoms with van der Waals surface area (Å²) >= 11 is 6.14. The molecule has 0 radical (unpaired) electrons. The molecule has 1 amide bonds. The van der Waals surface area contributed by atoms with Crippen molar-refractivity contribution >= 4 is 34.5 Å². The molecule has 0 unspecified atom stereocenters. The third-order valence-corrected chi connectivity index (χ3v) is 5.11. The Morgan fingerprint density at radius 3 is 2.56 bits per heavy atom. The topological polar surface area (TPSA) is 71.3 Å². The summed E-state index contributed by atoms with van der Waals surface area (Å²) in [6, 6.07) is 10.7. The van der Waals surface area contributed by atoms with Crippen LogP contribution in [0.5, 0.6) is 0 Å². The highest BCUT2D eigenvalue weighted by molar-refractivity contribution is 6.33. The van der Waals surface area contributed by atoms with E-state index in [9.17, 15) is 9.59 Å². The number of halogens is 1. The SMILES string of the molecule is Cn1c(=O)c(N2CCN(C(=O)c3ccccc3Cl)CC2)nc2cccnc21. The predicted molar refractivity (Wildman–Crippen MR) is 104 cm³/mol. The summed E-state index contributed by atoms with van der Waals surface area (Å²) < 4.78 is 1.51. The normalized spacial score (nSPS) is 14.6. The molecule has 0 saturated carbocycles. The van der Waals surface area contributed by atoms with Crippen molar-refractivity contribution in [2.75, 3.05) is 31.1 Å². The number of nitrogens with zero attached hydrogens (tertiary/aromatic N) is 5. The standard InChI is InChI=1S/C19H18ClN5O2/c1-23-16-15(7-4-8-21-16)22-17(19(23)27)24-9-11-25(12-10-24)18(26)13-5-2-3-6-14(13)20/h2-8H,9-12H2,1H3. The Kier molecular flexibility index (Phi) is 4.53. The first-order chi connectivity index (χ1) is 13.1. The van der Waals surface area contributed by atoms with Gasteiger partial charge in [-0.15, -0.1) is 0 Å². The maximum absolute atomic E-state index is 12.7. The number of piperazine rings is 1. The highest BCUT2D eigenvalue weighted by Crippen LogP contribution is 2.19. The van der Waals surface area contributed by atoms with Crippen LogP contribution in [0.2, 0.25) is 5.02 Å². The van der Waals surface area contributed by atoms with Crippen molar-refractivity contribution in [1.82, 2.24) is 19.4 Å². The Bertz CT molecular complexity index is 1070. The van der Waals surface area contributed by atoms with E-state index in [4.69, 9.17) is 11.6 Å². The highest BCUT2D eigenvalue weighted by atomic mass is 35.5. The Balaban J connectivity index is 1.56. The molecule has 1 aliphatic heterocycles. The summed E-state index contributed by atoms with van der Waals surface area (Å²) in [6.45, 7) is 2.06. The summed E-state index contributed by atoms with van der Waals surface area (Å²) in [6.07, 6.45) is 1.64. The molecule has 1 fully saturated rings. The fraction of sp³-hybridized carbons (Fsp3) is 0.263. The second-order valence-electron chi connectivity index (χ2n) is 6.40. The molecule has 7 nitrogen and oxygen atoms in total. The molecule has 0 bridgehead atoms. The second kappa shape index (κ2) is 7.00. The van der Waals surface area contributed by atoms with Crippen LogP contribution >= 0.6 is 11.6 Å². The number of fused-ring (bicyclic) bond motifs is 1. The maximum Gasteiger partial charge on any atom is 0.294 e. The van der Waals surface area contributed by atoms with Crippen LogP contribution in [-0.4, -0.2) is 51.5 Å². The van der Waals surface area contributed by atoms with Crippen molar-refractivity contribution in [2.45, 2.75) is 0 Å². The van der Waals surface area contributed by atoms with Gasteiger partial charge in [0.15, 0.2) is 11.5 Å². The lowest BCUT2D eigenvalue weighted by Crippen LogP contribution is -2.50. The minimum Gasteiger partial charge on any atom is -0.348 e. The number of carbonyl (C=O) groups is 1. The molecule has 0 atom stereocenters. The number of amides is 1. The zero-order valence-corrected chi connectivity index (χ0v) is 15.6. The minimum atomic E-state index is -0.188. The van der Waals surface area contributed by atoms with Crippen LogP contribution in [0.15, 0.2) is 47.4 Å². The molecular formula is C19H18ClN5O2. The molecule has 0 N–H and O–H groups in total. The molecular weight excluding hydrogens is 366 g/mol. The van der Waals surface area contributed by atoms with E-state index in [1.165, 1.54) is 4.57 Å². The van der Waals surface area contributed by atoms with E-state index >= 15 is 0 Å². The number of hydrogen-bond donors (Lipinski definition) is 0. The lowest BCUT2D eigenvalue weighted by Gasteiger charge is -2.35. The lowest BCUT2D eigenvalue weighted by molar-refractivity contribution is 0.0746. The predicted octanol–water partition coefficient (Wildman–Crippen LogP) is 1.94. The van der Waals surface area contributed by atoms with Gasteiger partial charge in [-0.3, -0.25) is 14.2 Å². The van der Waals surface area contributed by atoms with Crippen LogP contribution in [0.4, 0.5) is 5.82 Å². The fourth-order valence-electron chi connectivity index (χ4n) is 3.27. The van der Waals surface area contributed by atoms with Crippen molar-refractivity contribution in [3.63, 3.8) is 0 Å². The van der Waals surface area contributed by atoms with Crippen LogP contribution < -0.4 is 10.5 Å². The number of benzene rings is 1. The molecule has 27 heavy (non-hydrogen) atoms. The molecule has 1 saturated heterocycles. The molecule has 1 aliphatic rings. The van der Waals surface area contributed by atoms with Crippen molar-refractivity contribution in [2.24, 2.45) is 7.05 Å². The van der Waals surface area contributed by atoms with E-state index in [1.807, 2.05) is 11.0 Å². The molecule has 0 aliphatic carbocycles. The van der Waals surface area contributed by atoms with Crippen LogP contribution in [-0.2, 0) is 7.05 Å². The molecule has 2 aromatic heterocycles. The van der Waals surface area contributed by atoms with E-state index in [0.29, 0.717) is 53.7 Å². The Morgan fingerprint density at radius 2 is 1.81 bits per heavy atom. The van der Waals surface area contributed by atoms with Gasteiger partial charge in [-0.25, -0.2) is 9.97 Å². The van der Waals surface area contributed by atoms with Gasteiger partial charge < -0.3 is 9.80 Å². The zero-order chi connectivity index (χ0) is 19.0. The molecule has 3 aromatic rings. The number of anilines is 1.